The van der Waals surface area contributed by atoms with Crippen LogP contribution in [0.25, 0.3) is 0 Å². The smallest absolute Gasteiger partial charge is 0.119 e. The molecule has 0 aromatic heterocycles. The minimum Gasteiger partial charge on any atom is -0.494 e. The number of nitrogens with zero attached hydrogens (tertiary/aromatic N) is 1. The Hall–Kier alpha value is -2.00. The fourth-order valence-electron chi connectivity index (χ4n) is 2.36. The van der Waals surface area contributed by atoms with Crippen LogP contribution in [-0.4, -0.2) is 32.1 Å². The van der Waals surface area contributed by atoms with E-state index in [2.05, 4.69) is 51.6 Å². The lowest BCUT2D eigenvalue weighted by molar-refractivity contribution is 0.281. The van der Waals surface area contributed by atoms with Crippen LogP contribution >= 0.6 is 0 Å². The molecule has 1 rings (SSSR count). The number of ether oxygens (including phenoxy) is 1. The fourth-order valence-corrected chi connectivity index (χ4v) is 2.36. The Morgan fingerprint density at radius 3 is 2.42 bits per heavy atom. The zero-order chi connectivity index (χ0) is 18.2. The number of hydrogen-bond donors (Lipinski definition) is 1. The van der Waals surface area contributed by atoms with Gasteiger partial charge >= 0.3 is 0 Å². The molecule has 24 heavy (non-hydrogen) atoms. The Bertz CT molecular complexity index is 580. The van der Waals surface area contributed by atoms with Crippen LogP contribution in [0, 0.1) is 0 Å². The van der Waals surface area contributed by atoms with Crippen molar-refractivity contribution < 1.29 is 4.74 Å². The van der Waals surface area contributed by atoms with E-state index in [-0.39, 0.29) is 5.41 Å². The second-order valence-electron chi connectivity index (χ2n) is 6.90. The third-order valence-electron chi connectivity index (χ3n) is 4.08. The van der Waals surface area contributed by atoms with Gasteiger partial charge in [-0.05, 0) is 56.8 Å². The van der Waals surface area contributed by atoms with E-state index in [1.54, 1.807) is 6.08 Å². The summed E-state index contributed by atoms with van der Waals surface area (Å²) in [5.74, 6) is 0.901. The quantitative estimate of drug-likeness (QED) is 0.543. The van der Waals surface area contributed by atoms with Crippen molar-refractivity contribution in [2.75, 3.05) is 27.2 Å². The van der Waals surface area contributed by atoms with Crippen LogP contribution in [0.5, 0.6) is 5.75 Å². The molecule has 132 valence electrons. The minimum atomic E-state index is -0.236. The molecule has 0 aliphatic heterocycles. The number of nitrogens with two attached hydrogens (primary N) is 1. The molecule has 0 radical (unpaired) electrons. The summed E-state index contributed by atoms with van der Waals surface area (Å²) in [7, 11) is 4.14. The lowest BCUT2D eigenvalue weighted by atomic mass is 9.81. The van der Waals surface area contributed by atoms with E-state index < -0.39 is 0 Å². The Morgan fingerprint density at radius 2 is 1.88 bits per heavy atom. The van der Waals surface area contributed by atoms with Crippen molar-refractivity contribution in [3.63, 3.8) is 0 Å². The van der Waals surface area contributed by atoms with Gasteiger partial charge in [0.1, 0.15) is 5.75 Å². The second kappa shape index (κ2) is 9.33. The third-order valence-corrected chi connectivity index (χ3v) is 4.08. The lowest BCUT2D eigenvalue weighted by Gasteiger charge is -2.26. The van der Waals surface area contributed by atoms with Crippen molar-refractivity contribution >= 4 is 0 Å². The van der Waals surface area contributed by atoms with Gasteiger partial charge in [-0.2, -0.15) is 0 Å². The molecule has 0 saturated carbocycles. The fraction of sp³-hybridized carbons (Fsp3) is 0.429. The first-order valence-corrected chi connectivity index (χ1v) is 8.42. The van der Waals surface area contributed by atoms with Gasteiger partial charge in [-0.15, -0.1) is 0 Å². The first-order valence-electron chi connectivity index (χ1n) is 8.42. The Morgan fingerprint density at radius 1 is 1.25 bits per heavy atom. The van der Waals surface area contributed by atoms with Crippen molar-refractivity contribution in [2.45, 2.75) is 32.6 Å². The van der Waals surface area contributed by atoms with Crippen LogP contribution in [0.1, 0.15) is 32.8 Å². The van der Waals surface area contributed by atoms with Gasteiger partial charge < -0.3 is 15.4 Å². The summed E-state index contributed by atoms with van der Waals surface area (Å²) in [5.41, 5.74) is 9.19. The average molecular weight is 329 g/mol. The molecule has 0 unspecified atom stereocenters. The van der Waals surface area contributed by atoms with Crippen molar-refractivity contribution in [3.05, 3.63) is 65.9 Å². The van der Waals surface area contributed by atoms with Gasteiger partial charge in [-0.25, -0.2) is 0 Å². The van der Waals surface area contributed by atoms with Gasteiger partial charge in [-0.3, -0.25) is 0 Å². The van der Waals surface area contributed by atoms with Crippen LogP contribution in [0.15, 0.2) is 60.3 Å². The highest BCUT2D eigenvalue weighted by atomic mass is 16.5. The van der Waals surface area contributed by atoms with Crippen molar-refractivity contribution in [1.82, 2.24) is 4.90 Å². The predicted octanol–water partition coefficient (Wildman–Crippen LogP) is 4.27. The second-order valence-corrected chi connectivity index (χ2v) is 6.90. The molecule has 0 aliphatic carbocycles. The normalized spacial score (nSPS) is 13.2. The van der Waals surface area contributed by atoms with E-state index in [1.807, 2.05) is 31.2 Å². The molecule has 0 aliphatic rings. The van der Waals surface area contributed by atoms with E-state index in [9.17, 15) is 0 Å². The van der Waals surface area contributed by atoms with Gasteiger partial charge in [0.25, 0.3) is 0 Å². The molecular weight excluding hydrogens is 296 g/mol. The van der Waals surface area contributed by atoms with E-state index in [1.165, 1.54) is 5.56 Å². The SMILES string of the molecule is C=C/C=C(C)\C=C(/N)C(C)(C)c1ccc(OCCCN(C)C)cc1. The Kier molecular flexibility index (Phi) is 7.80. The summed E-state index contributed by atoms with van der Waals surface area (Å²) >= 11 is 0. The van der Waals surface area contributed by atoms with Gasteiger partial charge in [0.05, 0.1) is 6.61 Å². The van der Waals surface area contributed by atoms with Crippen molar-refractivity contribution in [2.24, 2.45) is 5.73 Å². The monoisotopic (exact) mass is 328 g/mol. The summed E-state index contributed by atoms with van der Waals surface area (Å²) in [6, 6.07) is 8.22. The third kappa shape index (κ3) is 6.25. The van der Waals surface area contributed by atoms with Crippen LogP contribution in [-0.2, 0) is 5.41 Å². The highest BCUT2D eigenvalue weighted by molar-refractivity contribution is 5.39. The first-order chi connectivity index (χ1) is 11.3. The largest absolute Gasteiger partial charge is 0.494 e. The minimum absolute atomic E-state index is 0.236. The summed E-state index contributed by atoms with van der Waals surface area (Å²) < 4.78 is 5.79. The summed E-state index contributed by atoms with van der Waals surface area (Å²) in [4.78, 5) is 2.16. The molecule has 0 saturated heterocycles. The van der Waals surface area contributed by atoms with Crippen LogP contribution < -0.4 is 10.5 Å². The number of benzene rings is 1. The number of hydrogen-bond acceptors (Lipinski definition) is 3. The zero-order valence-electron chi connectivity index (χ0n) is 15.8. The maximum Gasteiger partial charge on any atom is 0.119 e. The van der Waals surface area contributed by atoms with E-state index >= 15 is 0 Å². The molecule has 1 aromatic carbocycles. The summed E-state index contributed by atoms with van der Waals surface area (Å²) in [6.07, 6.45) is 6.75. The summed E-state index contributed by atoms with van der Waals surface area (Å²) in [5, 5.41) is 0. The standard InChI is InChI=1S/C21H32N2O/c1-7-9-17(2)16-20(22)21(3,4)18-10-12-19(13-11-18)24-15-8-14-23(5)6/h7,9-13,16H,1,8,14-15,22H2,2-6H3/b17-9-,20-16-. The average Bonchev–Trinajstić information content (AvgIpc) is 2.52. The van der Waals surface area contributed by atoms with Gasteiger partial charge in [-0.1, -0.05) is 44.7 Å². The molecule has 0 bridgehead atoms. The van der Waals surface area contributed by atoms with Crippen molar-refractivity contribution in [1.29, 1.82) is 0 Å². The van der Waals surface area contributed by atoms with Crippen LogP contribution in [0.4, 0.5) is 0 Å². The molecule has 0 fully saturated rings. The number of rotatable bonds is 9. The molecule has 0 amide bonds. The lowest BCUT2D eigenvalue weighted by Crippen LogP contribution is -2.26. The topological polar surface area (TPSA) is 38.5 Å². The predicted molar refractivity (Wildman–Crippen MR) is 104 cm³/mol. The molecule has 0 atom stereocenters. The number of allylic oxidation sites excluding steroid dienone is 5. The van der Waals surface area contributed by atoms with Gasteiger partial charge in [0.15, 0.2) is 0 Å². The van der Waals surface area contributed by atoms with Crippen LogP contribution in [0.2, 0.25) is 0 Å². The Labute approximate surface area is 147 Å². The van der Waals surface area contributed by atoms with Crippen LogP contribution in [0.3, 0.4) is 0 Å². The molecule has 0 heterocycles. The molecule has 3 nitrogen and oxygen atoms in total. The maximum atomic E-state index is 6.33. The van der Waals surface area contributed by atoms with E-state index in [4.69, 9.17) is 10.5 Å². The van der Waals surface area contributed by atoms with E-state index in [0.717, 1.165) is 36.6 Å². The highest BCUT2D eigenvalue weighted by Gasteiger charge is 2.23. The molecule has 3 heteroatoms. The molecule has 0 spiro atoms. The summed E-state index contributed by atoms with van der Waals surface area (Å²) in [6.45, 7) is 11.8. The van der Waals surface area contributed by atoms with Gasteiger partial charge in [0.2, 0.25) is 0 Å². The highest BCUT2D eigenvalue weighted by Crippen LogP contribution is 2.30. The maximum absolute atomic E-state index is 6.33. The first kappa shape index (κ1) is 20.0. The molecular formula is C21H32N2O. The van der Waals surface area contributed by atoms with E-state index in [0.29, 0.717) is 0 Å². The van der Waals surface area contributed by atoms with Gasteiger partial charge in [0, 0.05) is 17.7 Å². The molecule has 1 aromatic rings. The molecule has 2 N–H and O–H groups in total. The Balaban J connectivity index is 2.76. The van der Waals surface area contributed by atoms with Crippen molar-refractivity contribution in [3.8, 4) is 5.75 Å². The zero-order valence-corrected chi connectivity index (χ0v) is 15.8.